The highest BCUT2D eigenvalue weighted by molar-refractivity contribution is 6.13. The molecule has 0 saturated carbocycles. The lowest BCUT2D eigenvalue weighted by molar-refractivity contribution is -0.147. The fourth-order valence-corrected chi connectivity index (χ4v) is 2.14. The summed E-state index contributed by atoms with van der Waals surface area (Å²) in [5.41, 5.74) is 1.31. The van der Waals surface area contributed by atoms with Gasteiger partial charge in [-0.2, -0.15) is 0 Å². The van der Waals surface area contributed by atoms with Crippen LogP contribution in [0.3, 0.4) is 0 Å². The summed E-state index contributed by atoms with van der Waals surface area (Å²) in [5.74, 6) is -1.08. The Morgan fingerprint density at radius 2 is 1.62 bits per heavy atom. The van der Waals surface area contributed by atoms with Crippen LogP contribution in [0.15, 0.2) is 54.6 Å². The van der Waals surface area contributed by atoms with Gasteiger partial charge in [0.1, 0.15) is 0 Å². The number of hydrogen-bond donors (Lipinski definition) is 1. The van der Waals surface area contributed by atoms with Gasteiger partial charge < -0.3 is 10.1 Å². The third-order valence-electron chi connectivity index (χ3n) is 3.30. The predicted octanol–water partition coefficient (Wildman–Crippen LogP) is 3.20. The molecule has 0 aliphatic heterocycles. The molecule has 0 unspecified atom stereocenters. The monoisotopic (exact) mass is 325 g/mol. The van der Waals surface area contributed by atoms with Crippen LogP contribution < -0.4 is 5.32 Å². The van der Waals surface area contributed by atoms with E-state index < -0.39 is 11.9 Å². The summed E-state index contributed by atoms with van der Waals surface area (Å²) in [4.78, 5) is 35.8. The number of amides is 1. The zero-order chi connectivity index (χ0) is 17.4. The second-order valence-electron chi connectivity index (χ2n) is 5.20. The minimum Gasteiger partial charge on any atom is -0.456 e. The molecule has 0 aliphatic rings. The second kappa shape index (κ2) is 8.62. The Balaban J connectivity index is 2.08. The van der Waals surface area contributed by atoms with Gasteiger partial charge >= 0.3 is 5.97 Å². The molecule has 24 heavy (non-hydrogen) atoms. The largest absolute Gasteiger partial charge is 0.456 e. The first kappa shape index (κ1) is 17.4. The highest BCUT2D eigenvalue weighted by Gasteiger charge is 2.15. The highest BCUT2D eigenvalue weighted by Crippen LogP contribution is 2.19. The van der Waals surface area contributed by atoms with Crippen molar-refractivity contribution in [2.75, 3.05) is 11.9 Å². The number of ether oxygens (including phenoxy) is 1. The highest BCUT2D eigenvalue weighted by atomic mass is 16.5. The van der Waals surface area contributed by atoms with Crippen LogP contribution in [0.5, 0.6) is 0 Å². The molecule has 124 valence electrons. The molecular formula is C19H19NO4. The molecule has 0 radical (unpaired) electrons. The van der Waals surface area contributed by atoms with E-state index in [0.717, 1.165) is 0 Å². The van der Waals surface area contributed by atoms with E-state index in [1.54, 1.807) is 48.5 Å². The van der Waals surface area contributed by atoms with Gasteiger partial charge in [-0.3, -0.25) is 14.4 Å². The van der Waals surface area contributed by atoms with Crippen LogP contribution >= 0.6 is 0 Å². The smallest absolute Gasteiger partial charge is 0.306 e. The number of esters is 1. The Labute approximate surface area is 140 Å². The van der Waals surface area contributed by atoms with Crippen LogP contribution in [0.2, 0.25) is 0 Å². The SMILES string of the molecule is CCCC(=O)OCC(=O)Nc1ccccc1C(=O)c1ccccc1. The number of anilines is 1. The van der Waals surface area contributed by atoms with E-state index in [9.17, 15) is 14.4 Å². The molecule has 1 amide bonds. The molecule has 5 heteroatoms. The molecule has 0 saturated heterocycles. The van der Waals surface area contributed by atoms with Gasteiger partial charge in [-0.25, -0.2) is 0 Å². The number of carbonyl (C=O) groups excluding carboxylic acids is 3. The average Bonchev–Trinajstić information content (AvgIpc) is 2.61. The summed E-state index contributed by atoms with van der Waals surface area (Å²) in [6.45, 7) is 1.49. The summed E-state index contributed by atoms with van der Waals surface area (Å²) in [5, 5.41) is 2.62. The fourth-order valence-electron chi connectivity index (χ4n) is 2.14. The Hall–Kier alpha value is -2.95. The van der Waals surface area contributed by atoms with Gasteiger partial charge in [0.15, 0.2) is 12.4 Å². The molecular weight excluding hydrogens is 306 g/mol. The number of nitrogens with one attached hydrogen (secondary N) is 1. The van der Waals surface area contributed by atoms with Crippen molar-refractivity contribution < 1.29 is 19.1 Å². The number of para-hydroxylation sites is 1. The topological polar surface area (TPSA) is 72.5 Å². The van der Waals surface area contributed by atoms with E-state index in [1.165, 1.54) is 0 Å². The van der Waals surface area contributed by atoms with Gasteiger partial charge in [-0.05, 0) is 18.6 Å². The molecule has 0 heterocycles. The zero-order valence-corrected chi connectivity index (χ0v) is 13.5. The number of hydrogen-bond acceptors (Lipinski definition) is 4. The first-order valence-electron chi connectivity index (χ1n) is 7.76. The first-order valence-corrected chi connectivity index (χ1v) is 7.76. The van der Waals surface area contributed by atoms with Crippen molar-refractivity contribution in [3.8, 4) is 0 Å². The van der Waals surface area contributed by atoms with Crippen molar-refractivity contribution in [2.24, 2.45) is 0 Å². The number of benzene rings is 2. The van der Waals surface area contributed by atoms with E-state index in [4.69, 9.17) is 4.74 Å². The van der Waals surface area contributed by atoms with Crippen molar-refractivity contribution in [3.05, 3.63) is 65.7 Å². The molecule has 0 aromatic heterocycles. The van der Waals surface area contributed by atoms with Crippen LogP contribution in [0.25, 0.3) is 0 Å². The number of carbonyl (C=O) groups is 3. The van der Waals surface area contributed by atoms with Gasteiger partial charge in [-0.1, -0.05) is 49.4 Å². The van der Waals surface area contributed by atoms with Crippen LogP contribution in [0.1, 0.15) is 35.7 Å². The third kappa shape index (κ3) is 4.78. The maximum Gasteiger partial charge on any atom is 0.306 e. The average molecular weight is 325 g/mol. The lowest BCUT2D eigenvalue weighted by Crippen LogP contribution is -2.22. The summed E-state index contributed by atoms with van der Waals surface area (Å²) < 4.78 is 4.87. The molecule has 0 bridgehead atoms. The maximum atomic E-state index is 12.6. The van der Waals surface area contributed by atoms with Gasteiger partial charge in [-0.15, -0.1) is 0 Å². The first-order chi connectivity index (χ1) is 11.6. The van der Waals surface area contributed by atoms with E-state index in [1.807, 2.05) is 13.0 Å². The van der Waals surface area contributed by atoms with Crippen molar-refractivity contribution in [1.82, 2.24) is 0 Å². The Bertz CT molecular complexity index is 725. The van der Waals surface area contributed by atoms with Gasteiger partial charge in [0.25, 0.3) is 5.91 Å². The molecule has 0 aliphatic carbocycles. The zero-order valence-electron chi connectivity index (χ0n) is 13.5. The minimum atomic E-state index is -0.479. The van der Waals surface area contributed by atoms with Gasteiger partial charge in [0.05, 0.1) is 5.69 Å². The van der Waals surface area contributed by atoms with Crippen molar-refractivity contribution >= 4 is 23.3 Å². The summed E-state index contributed by atoms with van der Waals surface area (Å²) in [6, 6.07) is 15.6. The Morgan fingerprint density at radius 3 is 2.33 bits per heavy atom. The second-order valence-corrected chi connectivity index (χ2v) is 5.20. The fraction of sp³-hybridized carbons (Fsp3) is 0.211. The van der Waals surface area contributed by atoms with Gasteiger partial charge in [0.2, 0.25) is 0 Å². The Morgan fingerprint density at radius 1 is 0.958 bits per heavy atom. The quantitative estimate of drug-likeness (QED) is 0.627. The predicted molar refractivity (Wildman–Crippen MR) is 90.8 cm³/mol. The standard InChI is InChI=1S/C19H19NO4/c1-2-8-18(22)24-13-17(21)20-16-12-7-6-11-15(16)19(23)14-9-4-3-5-10-14/h3-7,9-12H,2,8,13H2,1H3,(H,20,21). The molecule has 1 N–H and O–H groups in total. The van der Waals surface area contributed by atoms with Gasteiger partial charge in [0, 0.05) is 17.5 Å². The van der Waals surface area contributed by atoms with Crippen molar-refractivity contribution in [3.63, 3.8) is 0 Å². The summed E-state index contributed by atoms with van der Waals surface area (Å²) >= 11 is 0. The van der Waals surface area contributed by atoms with Crippen LogP contribution in [0, 0.1) is 0 Å². The summed E-state index contributed by atoms with van der Waals surface area (Å²) in [6.07, 6.45) is 0.936. The van der Waals surface area contributed by atoms with Crippen LogP contribution in [0.4, 0.5) is 5.69 Å². The van der Waals surface area contributed by atoms with E-state index in [2.05, 4.69) is 5.32 Å². The lowest BCUT2D eigenvalue weighted by atomic mass is 10.0. The minimum absolute atomic E-state index is 0.186. The third-order valence-corrected chi connectivity index (χ3v) is 3.30. The van der Waals surface area contributed by atoms with Crippen molar-refractivity contribution in [2.45, 2.75) is 19.8 Å². The van der Waals surface area contributed by atoms with E-state index >= 15 is 0 Å². The molecule has 5 nitrogen and oxygen atoms in total. The van der Waals surface area contributed by atoms with E-state index in [0.29, 0.717) is 23.2 Å². The molecule has 0 atom stereocenters. The van der Waals surface area contributed by atoms with Crippen LogP contribution in [-0.4, -0.2) is 24.3 Å². The van der Waals surface area contributed by atoms with E-state index in [-0.39, 0.29) is 18.8 Å². The maximum absolute atomic E-state index is 12.6. The van der Waals surface area contributed by atoms with Crippen LogP contribution in [-0.2, 0) is 14.3 Å². The molecule has 2 aromatic rings. The molecule has 0 spiro atoms. The molecule has 2 rings (SSSR count). The van der Waals surface area contributed by atoms with Crippen molar-refractivity contribution in [1.29, 1.82) is 0 Å². The summed E-state index contributed by atoms with van der Waals surface area (Å²) in [7, 11) is 0. The normalized spacial score (nSPS) is 10.0. The number of ketones is 1. The molecule has 0 fully saturated rings. The Kier molecular flexibility index (Phi) is 6.25. The lowest BCUT2D eigenvalue weighted by Gasteiger charge is -2.10. The number of rotatable bonds is 7. The molecule has 2 aromatic carbocycles.